The van der Waals surface area contributed by atoms with Crippen molar-refractivity contribution in [3.05, 3.63) is 24.0 Å². The molecule has 1 saturated carbocycles. The summed E-state index contributed by atoms with van der Waals surface area (Å²) in [5.41, 5.74) is 0. The van der Waals surface area contributed by atoms with E-state index in [1.54, 1.807) is 0 Å². The van der Waals surface area contributed by atoms with Gasteiger partial charge in [-0.3, -0.25) is 0 Å². The predicted octanol–water partition coefficient (Wildman–Crippen LogP) is 6.13. The average Bonchev–Trinajstić information content (AvgIpc) is 2.94. The number of rotatable bonds is 12. The zero-order valence-corrected chi connectivity index (χ0v) is 14.3. The number of allylic oxidation sites excluding steroid dienone is 4. The molecule has 1 fully saturated rings. The average molecular weight is 306 g/mol. The molecule has 0 aromatic carbocycles. The number of hydrogen-bond acceptors (Lipinski definition) is 2. The van der Waals surface area contributed by atoms with E-state index < -0.39 is 0 Å². The fraction of sp³-hybridized carbons (Fsp3) is 0.750. The minimum Gasteiger partial charge on any atom is -0.513 e. The molecule has 0 radical (unpaired) electrons. The first-order valence-corrected chi connectivity index (χ1v) is 9.26. The molecule has 2 nitrogen and oxygen atoms in total. The van der Waals surface area contributed by atoms with Gasteiger partial charge in [0.15, 0.2) is 0 Å². The van der Waals surface area contributed by atoms with E-state index in [1.807, 2.05) is 6.08 Å². The maximum absolute atomic E-state index is 10.3. The molecule has 22 heavy (non-hydrogen) atoms. The Labute approximate surface area is 136 Å². The van der Waals surface area contributed by atoms with Crippen LogP contribution in [0.2, 0.25) is 0 Å². The molecule has 1 rings (SSSR count). The Morgan fingerprint density at radius 2 is 1.95 bits per heavy atom. The highest BCUT2D eigenvalue weighted by atomic mass is 16.3. The first kappa shape index (κ1) is 19.0. The molecule has 2 heteroatoms. The first-order valence-electron chi connectivity index (χ1n) is 9.26. The number of hydrogen-bond donors (Lipinski definition) is 1. The lowest BCUT2D eigenvalue weighted by Gasteiger charge is -2.15. The van der Waals surface area contributed by atoms with Gasteiger partial charge in [-0.15, -0.1) is 0 Å². The maximum atomic E-state index is 10.3. The lowest BCUT2D eigenvalue weighted by Crippen LogP contribution is -2.06. The van der Waals surface area contributed by atoms with E-state index >= 15 is 0 Å². The van der Waals surface area contributed by atoms with Gasteiger partial charge in [-0.25, -0.2) is 0 Å². The number of unbranched alkanes of at least 4 members (excludes halogenated alkanes) is 6. The molecule has 1 aliphatic rings. The van der Waals surface area contributed by atoms with Crippen LogP contribution in [0.15, 0.2) is 24.0 Å². The van der Waals surface area contributed by atoms with Crippen molar-refractivity contribution >= 4 is 6.29 Å². The van der Waals surface area contributed by atoms with Gasteiger partial charge >= 0.3 is 0 Å². The number of aliphatic hydroxyl groups excluding tert-OH is 1. The molecule has 0 heterocycles. The Hall–Kier alpha value is -1.05. The van der Waals surface area contributed by atoms with Crippen LogP contribution >= 0.6 is 0 Å². The van der Waals surface area contributed by atoms with Gasteiger partial charge < -0.3 is 9.90 Å². The number of carbonyl (C=O) groups excluding carboxylic acids is 1. The van der Waals surface area contributed by atoms with E-state index in [2.05, 4.69) is 19.1 Å². The Kier molecular flexibility index (Phi) is 10.8. The Bertz CT molecular complexity index is 344. The largest absolute Gasteiger partial charge is 0.513 e. The van der Waals surface area contributed by atoms with Crippen molar-refractivity contribution in [3.8, 4) is 0 Å². The standard InChI is InChI=1S/C20H34O2/c1-2-3-4-5-6-8-12-18-13-11-14-19(18)17-20(22)15-9-7-10-16-21/h8,12,15-16,18-19,22H,2-7,9-11,13-14,17H2,1H3/b12-8+,20-15-/t18-,19+/m0/s1. The van der Waals surface area contributed by atoms with Crippen LogP contribution in [-0.4, -0.2) is 11.4 Å². The second-order valence-corrected chi connectivity index (χ2v) is 6.63. The summed E-state index contributed by atoms with van der Waals surface area (Å²) in [5.74, 6) is 1.78. The van der Waals surface area contributed by atoms with Crippen molar-refractivity contribution in [2.24, 2.45) is 11.8 Å². The molecule has 0 bridgehead atoms. The first-order chi connectivity index (χ1) is 10.8. The molecule has 0 aromatic heterocycles. The Balaban J connectivity index is 2.26. The summed E-state index contributed by atoms with van der Waals surface area (Å²) in [6, 6.07) is 0. The van der Waals surface area contributed by atoms with Crippen molar-refractivity contribution in [2.75, 3.05) is 0 Å². The fourth-order valence-electron chi connectivity index (χ4n) is 3.35. The number of carbonyl (C=O) groups is 1. The molecule has 0 aliphatic heterocycles. The van der Waals surface area contributed by atoms with Crippen molar-refractivity contribution in [2.45, 2.75) is 84.0 Å². The monoisotopic (exact) mass is 306 g/mol. The Morgan fingerprint density at radius 3 is 2.73 bits per heavy atom. The highest BCUT2D eigenvalue weighted by Crippen LogP contribution is 2.36. The van der Waals surface area contributed by atoms with E-state index in [-0.39, 0.29) is 0 Å². The van der Waals surface area contributed by atoms with Crippen LogP contribution in [0.1, 0.15) is 84.0 Å². The molecule has 1 aliphatic carbocycles. The van der Waals surface area contributed by atoms with Gasteiger partial charge in [-0.1, -0.05) is 44.8 Å². The molecular formula is C20H34O2. The summed E-state index contributed by atoms with van der Waals surface area (Å²) in [7, 11) is 0. The van der Waals surface area contributed by atoms with E-state index in [9.17, 15) is 9.90 Å². The van der Waals surface area contributed by atoms with Gasteiger partial charge in [0.05, 0.1) is 5.76 Å². The van der Waals surface area contributed by atoms with Crippen LogP contribution in [0.4, 0.5) is 0 Å². The maximum Gasteiger partial charge on any atom is 0.120 e. The van der Waals surface area contributed by atoms with Crippen LogP contribution in [0, 0.1) is 11.8 Å². The second kappa shape index (κ2) is 12.5. The highest BCUT2D eigenvalue weighted by Gasteiger charge is 2.25. The van der Waals surface area contributed by atoms with Crippen LogP contribution in [0.25, 0.3) is 0 Å². The minimum atomic E-state index is 0.527. The van der Waals surface area contributed by atoms with Gasteiger partial charge in [0.1, 0.15) is 6.29 Å². The van der Waals surface area contributed by atoms with Crippen molar-refractivity contribution in [1.82, 2.24) is 0 Å². The summed E-state index contributed by atoms with van der Waals surface area (Å²) < 4.78 is 0. The van der Waals surface area contributed by atoms with Crippen molar-refractivity contribution in [1.29, 1.82) is 0 Å². The molecule has 0 amide bonds. The normalized spacial score (nSPS) is 22.5. The lowest BCUT2D eigenvalue weighted by molar-refractivity contribution is -0.107. The van der Waals surface area contributed by atoms with Crippen LogP contribution in [0.5, 0.6) is 0 Å². The SMILES string of the molecule is CCCCCC/C=C/[C@H]1CCC[C@@H]1C/C(O)=C/CCCC=O. The zero-order valence-electron chi connectivity index (χ0n) is 14.3. The van der Waals surface area contributed by atoms with E-state index in [0.29, 0.717) is 24.0 Å². The van der Waals surface area contributed by atoms with E-state index in [4.69, 9.17) is 0 Å². The number of aldehydes is 1. The quantitative estimate of drug-likeness (QED) is 0.204. The summed E-state index contributed by atoms with van der Waals surface area (Å²) in [5, 5.41) is 10.0. The topological polar surface area (TPSA) is 37.3 Å². The third-order valence-corrected chi connectivity index (χ3v) is 4.70. The van der Waals surface area contributed by atoms with E-state index in [1.165, 1.54) is 51.4 Å². The lowest BCUT2D eigenvalue weighted by atomic mass is 9.91. The van der Waals surface area contributed by atoms with Crippen molar-refractivity contribution < 1.29 is 9.90 Å². The molecule has 0 spiro atoms. The Morgan fingerprint density at radius 1 is 1.09 bits per heavy atom. The van der Waals surface area contributed by atoms with E-state index in [0.717, 1.165) is 25.5 Å². The minimum absolute atomic E-state index is 0.527. The molecular weight excluding hydrogens is 272 g/mol. The zero-order chi connectivity index (χ0) is 16.0. The summed E-state index contributed by atoms with van der Waals surface area (Å²) in [4.78, 5) is 10.3. The van der Waals surface area contributed by atoms with Gasteiger partial charge in [-0.2, -0.15) is 0 Å². The van der Waals surface area contributed by atoms with Gasteiger partial charge in [-0.05, 0) is 56.4 Å². The second-order valence-electron chi connectivity index (χ2n) is 6.63. The summed E-state index contributed by atoms with van der Waals surface area (Å²) in [6.07, 6.45) is 21.0. The molecule has 0 aromatic rings. The predicted molar refractivity (Wildman–Crippen MR) is 94.0 cm³/mol. The highest BCUT2D eigenvalue weighted by molar-refractivity contribution is 5.49. The van der Waals surface area contributed by atoms with Gasteiger partial charge in [0.2, 0.25) is 0 Å². The third-order valence-electron chi connectivity index (χ3n) is 4.70. The molecule has 1 N–H and O–H groups in total. The van der Waals surface area contributed by atoms with Crippen LogP contribution < -0.4 is 0 Å². The fourth-order valence-corrected chi connectivity index (χ4v) is 3.35. The third kappa shape index (κ3) is 8.41. The van der Waals surface area contributed by atoms with Crippen LogP contribution in [-0.2, 0) is 4.79 Å². The van der Waals surface area contributed by atoms with Crippen molar-refractivity contribution in [3.63, 3.8) is 0 Å². The number of aliphatic hydroxyl groups is 1. The van der Waals surface area contributed by atoms with Gasteiger partial charge in [0, 0.05) is 12.8 Å². The summed E-state index contributed by atoms with van der Waals surface area (Å²) in [6.45, 7) is 2.25. The van der Waals surface area contributed by atoms with Crippen LogP contribution in [0.3, 0.4) is 0 Å². The molecule has 0 unspecified atom stereocenters. The molecule has 0 saturated heterocycles. The van der Waals surface area contributed by atoms with Gasteiger partial charge in [0.25, 0.3) is 0 Å². The molecule has 2 atom stereocenters. The molecule has 126 valence electrons. The smallest absolute Gasteiger partial charge is 0.120 e. The summed E-state index contributed by atoms with van der Waals surface area (Å²) >= 11 is 0.